The highest BCUT2D eigenvalue weighted by molar-refractivity contribution is 5.77. The van der Waals surface area contributed by atoms with Crippen LogP contribution in [0.25, 0.3) is 0 Å². The molecule has 7 heteroatoms. The molecular formula is C23H27N5O2. The van der Waals surface area contributed by atoms with Gasteiger partial charge in [0.1, 0.15) is 11.6 Å². The number of carbonyl (C=O) groups excluding carboxylic acids is 1. The molecule has 2 aromatic carbocycles. The van der Waals surface area contributed by atoms with Gasteiger partial charge in [-0.15, -0.1) is 0 Å². The molecule has 0 saturated heterocycles. The van der Waals surface area contributed by atoms with Crippen LogP contribution in [0.2, 0.25) is 0 Å². The van der Waals surface area contributed by atoms with Crippen molar-refractivity contribution in [2.75, 3.05) is 30.3 Å². The van der Waals surface area contributed by atoms with E-state index in [0.29, 0.717) is 30.6 Å². The summed E-state index contributed by atoms with van der Waals surface area (Å²) in [5, 5.41) is 9.23. The predicted molar refractivity (Wildman–Crippen MR) is 119 cm³/mol. The molecule has 0 aliphatic rings. The van der Waals surface area contributed by atoms with Crippen molar-refractivity contribution in [1.29, 1.82) is 0 Å². The molecule has 0 spiro atoms. The predicted octanol–water partition coefficient (Wildman–Crippen LogP) is 3.75. The van der Waals surface area contributed by atoms with Gasteiger partial charge < -0.3 is 20.7 Å². The number of hydrogen-bond acceptors (Lipinski definition) is 6. The molecule has 0 fully saturated rings. The molecule has 7 nitrogen and oxygen atoms in total. The Balaban J connectivity index is 1.43. The number of hydrogen-bond donors (Lipinski definition) is 3. The summed E-state index contributed by atoms with van der Waals surface area (Å²) in [7, 11) is 0. The molecule has 3 rings (SSSR count). The highest BCUT2D eigenvalue weighted by Gasteiger charge is 2.05. The zero-order chi connectivity index (χ0) is 21.3. The Hall–Kier alpha value is -3.61. The number of benzene rings is 2. The summed E-state index contributed by atoms with van der Waals surface area (Å²) in [4.78, 5) is 20.8. The first kappa shape index (κ1) is 21.1. The highest BCUT2D eigenvalue weighted by atomic mass is 16.5. The van der Waals surface area contributed by atoms with Crippen LogP contribution in [0.5, 0.6) is 5.75 Å². The molecule has 0 aliphatic carbocycles. The smallest absolute Gasteiger partial charge is 0.258 e. The number of carbonyl (C=O) groups is 1. The molecule has 30 heavy (non-hydrogen) atoms. The summed E-state index contributed by atoms with van der Waals surface area (Å²) < 4.78 is 5.49. The van der Waals surface area contributed by atoms with Gasteiger partial charge in [0.25, 0.3) is 5.91 Å². The van der Waals surface area contributed by atoms with Gasteiger partial charge in [-0.2, -0.15) is 4.98 Å². The second kappa shape index (κ2) is 10.2. The maximum atomic E-state index is 11.9. The highest BCUT2D eigenvalue weighted by Crippen LogP contribution is 2.17. The third-order valence-corrected chi connectivity index (χ3v) is 4.27. The summed E-state index contributed by atoms with van der Waals surface area (Å²) in [5.41, 5.74) is 4.10. The SMILES string of the molecule is Cc1ccc(Nc2cc(C)nc(NCCNC(=O)COc3cccc(C)c3)n2)cc1. The molecule has 0 radical (unpaired) electrons. The van der Waals surface area contributed by atoms with Gasteiger partial charge in [0.05, 0.1) is 0 Å². The quantitative estimate of drug-likeness (QED) is 0.470. The van der Waals surface area contributed by atoms with Gasteiger partial charge in [-0.25, -0.2) is 4.98 Å². The van der Waals surface area contributed by atoms with Gasteiger partial charge in [-0.3, -0.25) is 4.79 Å². The molecule has 3 N–H and O–H groups in total. The number of nitrogens with one attached hydrogen (secondary N) is 3. The first-order valence-corrected chi connectivity index (χ1v) is 9.87. The van der Waals surface area contributed by atoms with E-state index in [0.717, 1.165) is 16.9 Å². The summed E-state index contributed by atoms with van der Waals surface area (Å²) in [5.74, 6) is 1.73. The lowest BCUT2D eigenvalue weighted by Crippen LogP contribution is -2.32. The first-order chi connectivity index (χ1) is 14.5. The van der Waals surface area contributed by atoms with Crippen LogP contribution in [0, 0.1) is 20.8 Å². The van der Waals surface area contributed by atoms with E-state index < -0.39 is 0 Å². The van der Waals surface area contributed by atoms with Gasteiger partial charge >= 0.3 is 0 Å². The number of nitrogens with zero attached hydrogens (tertiary/aromatic N) is 2. The fraction of sp³-hybridized carbons (Fsp3) is 0.261. The number of rotatable bonds is 9. The maximum absolute atomic E-state index is 11.9. The Morgan fingerprint density at radius 2 is 1.73 bits per heavy atom. The van der Waals surface area contributed by atoms with Gasteiger partial charge in [-0.1, -0.05) is 29.8 Å². The van der Waals surface area contributed by atoms with Gasteiger partial charge in [0.15, 0.2) is 6.61 Å². The largest absolute Gasteiger partial charge is 0.484 e. The normalized spacial score (nSPS) is 10.4. The lowest BCUT2D eigenvalue weighted by atomic mass is 10.2. The number of aromatic nitrogens is 2. The zero-order valence-electron chi connectivity index (χ0n) is 17.5. The van der Waals surface area contributed by atoms with Crippen LogP contribution in [-0.4, -0.2) is 35.6 Å². The number of anilines is 3. The van der Waals surface area contributed by atoms with Crippen molar-refractivity contribution in [1.82, 2.24) is 15.3 Å². The van der Waals surface area contributed by atoms with Crippen LogP contribution in [0.3, 0.4) is 0 Å². The van der Waals surface area contributed by atoms with Gasteiger partial charge in [0, 0.05) is 30.5 Å². The van der Waals surface area contributed by atoms with Gasteiger partial charge in [0.2, 0.25) is 5.95 Å². The molecular weight excluding hydrogens is 378 g/mol. The van der Waals surface area contributed by atoms with Crippen molar-refractivity contribution in [3.63, 3.8) is 0 Å². The van der Waals surface area contributed by atoms with Crippen LogP contribution in [-0.2, 0) is 4.79 Å². The van der Waals surface area contributed by atoms with Crippen molar-refractivity contribution in [3.05, 3.63) is 71.4 Å². The minimum atomic E-state index is -0.176. The van der Waals surface area contributed by atoms with E-state index in [1.54, 1.807) is 0 Å². The van der Waals surface area contributed by atoms with Crippen molar-refractivity contribution >= 4 is 23.4 Å². The molecule has 0 atom stereocenters. The minimum Gasteiger partial charge on any atom is -0.484 e. The summed E-state index contributed by atoms with van der Waals surface area (Å²) >= 11 is 0. The van der Waals surface area contributed by atoms with E-state index in [1.807, 2.05) is 75.4 Å². The molecule has 1 amide bonds. The Labute approximate surface area is 176 Å². The Kier molecular flexibility index (Phi) is 7.21. The molecule has 0 aliphatic heterocycles. The molecule has 1 heterocycles. The lowest BCUT2D eigenvalue weighted by molar-refractivity contribution is -0.123. The lowest BCUT2D eigenvalue weighted by Gasteiger charge is -2.11. The number of ether oxygens (including phenoxy) is 1. The average Bonchev–Trinajstić information content (AvgIpc) is 2.71. The molecule has 1 aromatic heterocycles. The van der Waals surface area contributed by atoms with Crippen LogP contribution >= 0.6 is 0 Å². The molecule has 0 bridgehead atoms. The van der Waals surface area contributed by atoms with Crippen LogP contribution in [0.4, 0.5) is 17.5 Å². The van der Waals surface area contributed by atoms with E-state index in [-0.39, 0.29) is 12.5 Å². The van der Waals surface area contributed by atoms with E-state index in [4.69, 9.17) is 4.74 Å². The molecule has 0 unspecified atom stereocenters. The topological polar surface area (TPSA) is 88.2 Å². The van der Waals surface area contributed by atoms with Crippen LogP contribution in [0.15, 0.2) is 54.6 Å². The Morgan fingerprint density at radius 3 is 2.50 bits per heavy atom. The Morgan fingerprint density at radius 1 is 0.933 bits per heavy atom. The van der Waals surface area contributed by atoms with E-state index in [2.05, 4.69) is 25.9 Å². The van der Waals surface area contributed by atoms with E-state index in [9.17, 15) is 4.79 Å². The third-order valence-electron chi connectivity index (χ3n) is 4.27. The first-order valence-electron chi connectivity index (χ1n) is 9.87. The minimum absolute atomic E-state index is 0.0188. The Bertz CT molecular complexity index is 989. The fourth-order valence-electron chi connectivity index (χ4n) is 2.78. The second-order valence-corrected chi connectivity index (χ2v) is 7.09. The third kappa shape index (κ3) is 6.77. The summed E-state index contributed by atoms with van der Waals surface area (Å²) in [6.07, 6.45) is 0. The monoisotopic (exact) mass is 405 g/mol. The van der Waals surface area contributed by atoms with Crippen molar-refractivity contribution in [3.8, 4) is 5.75 Å². The molecule has 156 valence electrons. The maximum Gasteiger partial charge on any atom is 0.258 e. The van der Waals surface area contributed by atoms with Crippen molar-refractivity contribution in [2.24, 2.45) is 0 Å². The second-order valence-electron chi connectivity index (χ2n) is 7.09. The standard InChI is InChI=1S/C23H27N5O2/c1-16-7-9-19(10-8-16)27-21-14-18(3)26-23(28-21)25-12-11-24-22(29)15-30-20-6-4-5-17(2)13-20/h4-10,13-14H,11-12,15H2,1-3H3,(H,24,29)(H2,25,26,27,28). The molecule has 3 aromatic rings. The average molecular weight is 406 g/mol. The van der Waals surface area contributed by atoms with Crippen LogP contribution < -0.4 is 20.7 Å². The zero-order valence-corrected chi connectivity index (χ0v) is 17.5. The van der Waals surface area contributed by atoms with Gasteiger partial charge in [-0.05, 0) is 50.6 Å². The van der Waals surface area contributed by atoms with E-state index in [1.165, 1.54) is 5.56 Å². The van der Waals surface area contributed by atoms with E-state index >= 15 is 0 Å². The number of amides is 1. The van der Waals surface area contributed by atoms with Crippen molar-refractivity contribution in [2.45, 2.75) is 20.8 Å². The summed E-state index contributed by atoms with van der Waals surface area (Å²) in [6.45, 7) is 6.87. The fourth-order valence-corrected chi connectivity index (χ4v) is 2.78. The number of aryl methyl sites for hydroxylation is 3. The van der Waals surface area contributed by atoms with Crippen molar-refractivity contribution < 1.29 is 9.53 Å². The van der Waals surface area contributed by atoms with Crippen LogP contribution in [0.1, 0.15) is 16.8 Å². The summed E-state index contributed by atoms with van der Waals surface area (Å²) in [6, 6.07) is 17.6. The molecule has 0 saturated carbocycles.